The van der Waals surface area contributed by atoms with Gasteiger partial charge in [0.25, 0.3) is 5.91 Å². The standard InChI is InChI=1S/C24H23F2N5O2/c1-30(21-6-10-31(11-7-21)23(32)22-15-27-8-9-28-22)24(33)29-20-4-2-16(3-5-20)17-12-18(25)14-19(26)13-17/h2-5,8-9,12-15,21H,6-7,10-11H2,1H3,(H,29,33). The van der Waals surface area contributed by atoms with Crippen molar-refractivity contribution in [1.82, 2.24) is 19.8 Å². The normalized spacial score (nSPS) is 14.1. The second-order valence-corrected chi connectivity index (χ2v) is 7.89. The van der Waals surface area contributed by atoms with Gasteiger partial charge in [0.2, 0.25) is 0 Å². The third kappa shape index (κ3) is 5.31. The largest absolute Gasteiger partial charge is 0.337 e. The zero-order chi connectivity index (χ0) is 23.4. The number of carbonyl (C=O) groups is 2. The Kier molecular flexibility index (Phi) is 6.58. The molecule has 1 N–H and O–H groups in total. The molecule has 0 spiro atoms. The number of nitrogens with zero attached hydrogens (tertiary/aromatic N) is 4. The molecular formula is C24H23F2N5O2. The average Bonchev–Trinajstić information content (AvgIpc) is 2.83. The van der Waals surface area contributed by atoms with Crippen LogP contribution in [0.1, 0.15) is 23.3 Å². The molecule has 4 rings (SSSR count). The van der Waals surface area contributed by atoms with Crippen molar-refractivity contribution in [1.29, 1.82) is 0 Å². The Morgan fingerprint density at radius 1 is 1.00 bits per heavy atom. The molecule has 9 heteroatoms. The number of urea groups is 1. The Hall–Kier alpha value is -3.88. The van der Waals surface area contributed by atoms with Gasteiger partial charge in [-0.05, 0) is 48.2 Å². The van der Waals surface area contributed by atoms with Crippen molar-refractivity contribution in [3.05, 3.63) is 78.4 Å². The van der Waals surface area contributed by atoms with E-state index in [1.807, 2.05) is 0 Å². The molecule has 1 aliphatic heterocycles. The molecule has 0 atom stereocenters. The lowest BCUT2D eigenvalue weighted by molar-refractivity contribution is 0.0665. The molecule has 170 valence electrons. The molecule has 0 bridgehead atoms. The number of benzene rings is 2. The van der Waals surface area contributed by atoms with Gasteiger partial charge in [-0.3, -0.25) is 9.78 Å². The van der Waals surface area contributed by atoms with Crippen LogP contribution in [-0.4, -0.2) is 57.9 Å². The van der Waals surface area contributed by atoms with Gasteiger partial charge in [-0.1, -0.05) is 12.1 Å². The number of amides is 3. The summed E-state index contributed by atoms with van der Waals surface area (Å²) < 4.78 is 26.9. The van der Waals surface area contributed by atoms with Crippen molar-refractivity contribution in [3.8, 4) is 11.1 Å². The summed E-state index contributed by atoms with van der Waals surface area (Å²) in [5, 5.41) is 2.84. The van der Waals surface area contributed by atoms with Gasteiger partial charge in [-0.15, -0.1) is 0 Å². The maximum atomic E-state index is 13.5. The van der Waals surface area contributed by atoms with Crippen LogP contribution in [0.25, 0.3) is 11.1 Å². The second kappa shape index (κ2) is 9.72. The zero-order valence-corrected chi connectivity index (χ0v) is 18.0. The summed E-state index contributed by atoms with van der Waals surface area (Å²) >= 11 is 0. The van der Waals surface area contributed by atoms with E-state index < -0.39 is 11.6 Å². The fraction of sp³-hybridized carbons (Fsp3) is 0.250. The second-order valence-electron chi connectivity index (χ2n) is 7.89. The number of piperidine rings is 1. The van der Waals surface area contributed by atoms with E-state index in [0.29, 0.717) is 48.4 Å². The molecule has 2 aromatic carbocycles. The summed E-state index contributed by atoms with van der Waals surface area (Å²) in [5.74, 6) is -1.45. The Labute approximate surface area is 190 Å². The molecular weight excluding hydrogens is 428 g/mol. The van der Waals surface area contributed by atoms with Gasteiger partial charge in [0.15, 0.2) is 0 Å². The highest BCUT2D eigenvalue weighted by Crippen LogP contribution is 2.24. The van der Waals surface area contributed by atoms with E-state index in [9.17, 15) is 18.4 Å². The fourth-order valence-electron chi connectivity index (χ4n) is 3.87. The molecule has 2 heterocycles. The van der Waals surface area contributed by atoms with E-state index in [2.05, 4.69) is 15.3 Å². The first-order valence-corrected chi connectivity index (χ1v) is 10.6. The number of likely N-dealkylation sites (tertiary alicyclic amines) is 1. The summed E-state index contributed by atoms with van der Waals surface area (Å²) in [6, 6.07) is 9.82. The lowest BCUT2D eigenvalue weighted by atomic mass is 10.0. The molecule has 7 nitrogen and oxygen atoms in total. The third-order valence-corrected chi connectivity index (χ3v) is 5.73. The van der Waals surface area contributed by atoms with Crippen LogP contribution >= 0.6 is 0 Å². The predicted octanol–water partition coefficient (Wildman–Crippen LogP) is 4.19. The molecule has 0 unspecified atom stereocenters. The van der Waals surface area contributed by atoms with Gasteiger partial charge in [0.1, 0.15) is 17.3 Å². The van der Waals surface area contributed by atoms with E-state index in [4.69, 9.17) is 0 Å². The molecule has 1 aromatic heterocycles. The van der Waals surface area contributed by atoms with E-state index >= 15 is 0 Å². The highest BCUT2D eigenvalue weighted by Gasteiger charge is 2.28. The molecule has 3 amide bonds. The summed E-state index contributed by atoms with van der Waals surface area (Å²) in [7, 11) is 1.73. The lowest BCUT2D eigenvalue weighted by Gasteiger charge is -2.36. The fourth-order valence-corrected chi connectivity index (χ4v) is 3.87. The van der Waals surface area contributed by atoms with Crippen molar-refractivity contribution < 1.29 is 18.4 Å². The zero-order valence-electron chi connectivity index (χ0n) is 18.0. The average molecular weight is 451 g/mol. The minimum atomic E-state index is -0.645. The molecule has 1 saturated heterocycles. The van der Waals surface area contributed by atoms with Crippen molar-refractivity contribution in [2.75, 3.05) is 25.5 Å². The lowest BCUT2D eigenvalue weighted by Crippen LogP contribution is -2.48. The quantitative estimate of drug-likeness (QED) is 0.645. The smallest absolute Gasteiger partial charge is 0.321 e. The highest BCUT2D eigenvalue weighted by molar-refractivity contribution is 5.92. The topological polar surface area (TPSA) is 78.4 Å². The molecule has 1 fully saturated rings. The van der Waals surface area contributed by atoms with E-state index in [0.717, 1.165) is 6.07 Å². The molecule has 0 aliphatic carbocycles. The number of hydrogen-bond acceptors (Lipinski definition) is 4. The summed E-state index contributed by atoms with van der Waals surface area (Å²) in [4.78, 5) is 36.6. The molecule has 3 aromatic rings. The van der Waals surface area contributed by atoms with Crippen LogP contribution < -0.4 is 5.32 Å². The number of nitrogens with one attached hydrogen (secondary N) is 1. The van der Waals surface area contributed by atoms with E-state index in [1.165, 1.54) is 30.7 Å². The van der Waals surface area contributed by atoms with Crippen LogP contribution in [0.5, 0.6) is 0 Å². The Morgan fingerprint density at radius 2 is 1.67 bits per heavy atom. The SMILES string of the molecule is CN(C(=O)Nc1ccc(-c2cc(F)cc(F)c2)cc1)C1CCN(C(=O)c2cnccn2)CC1. The minimum absolute atomic E-state index is 0.00884. The molecule has 0 saturated carbocycles. The van der Waals surface area contributed by atoms with Crippen molar-refractivity contribution in [3.63, 3.8) is 0 Å². The first-order chi connectivity index (χ1) is 15.9. The van der Waals surface area contributed by atoms with Gasteiger partial charge >= 0.3 is 6.03 Å². The highest BCUT2D eigenvalue weighted by atomic mass is 19.1. The number of anilines is 1. The van der Waals surface area contributed by atoms with Crippen LogP contribution in [-0.2, 0) is 0 Å². The van der Waals surface area contributed by atoms with Crippen molar-refractivity contribution in [2.24, 2.45) is 0 Å². The van der Waals surface area contributed by atoms with Crippen molar-refractivity contribution in [2.45, 2.75) is 18.9 Å². The van der Waals surface area contributed by atoms with Gasteiger partial charge in [0, 0.05) is 50.3 Å². The predicted molar refractivity (Wildman–Crippen MR) is 120 cm³/mol. The molecule has 1 aliphatic rings. The Morgan fingerprint density at radius 3 is 2.27 bits per heavy atom. The number of halogens is 2. The monoisotopic (exact) mass is 451 g/mol. The number of aromatic nitrogens is 2. The van der Waals surface area contributed by atoms with Crippen LogP contribution in [0.2, 0.25) is 0 Å². The summed E-state index contributed by atoms with van der Waals surface area (Å²) in [5.41, 5.74) is 1.94. The third-order valence-electron chi connectivity index (χ3n) is 5.73. The molecule has 33 heavy (non-hydrogen) atoms. The van der Waals surface area contributed by atoms with Crippen LogP contribution in [0, 0.1) is 11.6 Å². The van der Waals surface area contributed by atoms with E-state index in [1.54, 1.807) is 41.1 Å². The molecule has 0 radical (unpaired) electrons. The number of hydrogen-bond donors (Lipinski definition) is 1. The first kappa shape index (κ1) is 22.3. The maximum absolute atomic E-state index is 13.5. The number of rotatable bonds is 4. The van der Waals surface area contributed by atoms with Crippen LogP contribution in [0.15, 0.2) is 61.1 Å². The number of carbonyl (C=O) groups excluding carboxylic acids is 2. The van der Waals surface area contributed by atoms with Gasteiger partial charge in [-0.2, -0.15) is 0 Å². The Bertz CT molecular complexity index is 1110. The Balaban J connectivity index is 1.32. The van der Waals surface area contributed by atoms with Crippen LogP contribution in [0.4, 0.5) is 19.3 Å². The summed E-state index contributed by atoms with van der Waals surface area (Å²) in [6.07, 6.45) is 5.76. The van der Waals surface area contributed by atoms with Gasteiger partial charge in [0.05, 0.1) is 6.20 Å². The van der Waals surface area contributed by atoms with E-state index in [-0.39, 0.29) is 18.0 Å². The summed E-state index contributed by atoms with van der Waals surface area (Å²) in [6.45, 7) is 1.05. The van der Waals surface area contributed by atoms with Gasteiger partial charge < -0.3 is 15.1 Å². The maximum Gasteiger partial charge on any atom is 0.321 e. The minimum Gasteiger partial charge on any atom is -0.337 e. The van der Waals surface area contributed by atoms with Crippen LogP contribution in [0.3, 0.4) is 0 Å². The first-order valence-electron chi connectivity index (χ1n) is 10.6. The van der Waals surface area contributed by atoms with Gasteiger partial charge in [-0.25, -0.2) is 18.6 Å². The van der Waals surface area contributed by atoms with Crippen molar-refractivity contribution >= 4 is 17.6 Å².